The number of carboxylic acid groups (broad SMARTS) is 1. The molecular weight excluding hydrogens is 519 g/mol. The third-order valence-electron chi connectivity index (χ3n) is 7.34. The van der Waals surface area contributed by atoms with Crippen LogP contribution in [-0.4, -0.2) is 66.5 Å². The summed E-state index contributed by atoms with van der Waals surface area (Å²) in [6, 6.07) is 1.45. The Morgan fingerprint density at radius 2 is 1.89 bits per heavy atom. The summed E-state index contributed by atoms with van der Waals surface area (Å²) in [6.45, 7) is 8.52. The molecule has 2 aliphatic heterocycles. The number of fused-ring (bicyclic) bond motifs is 1. The van der Waals surface area contributed by atoms with Crippen LogP contribution in [0.1, 0.15) is 79.4 Å². The van der Waals surface area contributed by atoms with Crippen molar-refractivity contribution >= 4 is 25.8 Å². The van der Waals surface area contributed by atoms with Crippen molar-refractivity contribution in [3.63, 3.8) is 0 Å². The van der Waals surface area contributed by atoms with Gasteiger partial charge in [0.25, 0.3) is 0 Å². The lowest BCUT2D eigenvalue weighted by atomic mass is 9.95. The summed E-state index contributed by atoms with van der Waals surface area (Å²) < 4.78 is 18.2. The molecule has 0 spiro atoms. The van der Waals surface area contributed by atoms with Gasteiger partial charge in [0.2, 0.25) is 5.91 Å². The van der Waals surface area contributed by atoms with E-state index >= 15 is 0 Å². The number of carbonyl (C=O) groups excluding carboxylic acids is 1. The number of aliphatic hydroxyl groups is 1. The Kier molecular flexibility index (Phi) is 9.67. The maximum atomic E-state index is 12.9. The van der Waals surface area contributed by atoms with Crippen molar-refractivity contribution in [3.8, 4) is 0 Å². The summed E-state index contributed by atoms with van der Waals surface area (Å²) in [4.78, 5) is 52.5. The fraction of sp³-hybridized carbons (Fsp3) is 0.750. The van der Waals surface area contributed by atoms with E-state index in [4.69, 9.17) is 13.8 Å². The number of aromatic nitrogens is 2. The Hall–Kier alpha value is -1.99. The van der Waals surface area contributed by atoms with E-state index in [0.29, 0.717) is 0 Å². The van der Waals surface area contributed by atoms with Crippen LogP contribution in [0.5, 0.6) is 0 Å². The van der Waals surface area contributed by atoms with Gasteiger partial charge in [-0.2, -0.15) is 18.9 Å². The monoisotopic (exact) mass is 559 g/mol. The molecule has 0 bridgehead atoms. The van der Waals surface area contributed by atoms with E-state index in [-0.39, 0.29) is 37.1 Å². The molecule has 5 N–H and O–H groups in total. The lowest BCUT2D eigenvalue weighted by Crippen LogP contribution is -2.55. The highest BCUT2D eigenvalue weighted by atomic mass is 31.2. The largest absolute Gasteiger partial charge is 0.500 e. The van der Waals surface area contributed by atoms with Gasteiger partial charge in [-0.3, -0.25) is 14.2 Å². The van der Waals surface area contributed by atoms with Crippen LogP contribution in [0.2, 0.25) is 0 Å². The van der Waals surface area contributed by atoms with Crippen LogP contribution in [0.25, 0.3) is 0 Å². The zero-order valence-electron chi connectivity index (χ0n) is 22.5. The van der Waals surface area contributed by atoms with Gasteiger partial charge in [0, 0.05) is 12.1 Å². The summed E-state index contributed by atoms with van der Waals surface area (Å²) in [6.07, 6.45) is 1.61. The van der Waals surface area contributed by atoms with Gasteiger partial charge in [-0.15, -0.1) is 0 Å². The van der Waals surface area contributed by atoms with Crippen molar-refractivity contribution in [2.24, 2.45) is 5.92 Å². The highest BCUT2D eigenvalue weighted by Gasteiger charge is 2.67. The van der Waals surface area contributed by atoms with Crippen LogP contribution in [0.15, 0.2) is 17.1 Å². The average Bonchev–Trinajstić information content (AvgIpc) is 3.11. The molecule has 0 aliphatic carbocycles. The Balaban J connectivity index is 1.79. The molecule has 1 unspecified atom stereocenters. The van der Waals surface area contributed by atoms with E-state index in [1.165, 1.54) is 19.2 Å². The number of carbonyl (C=O) groups is 2. The molecule has 1 aromatic heterocycles. The second-order valence-corrected chi connectivity index (χ2v) is 11.8. The van der Waals surface area contributed by atoms with Gasteiger partial charge >= 0.3 is 19.8 Å². The Bertz CT molecular complexity index is 1060. The summed E-state index contributed by atoms with van der Waals surface area (Å²) in [5.41, 5.74) is -4.08. The van der Waals surface area contributed by atoms with E-state index in [0.717, 1.165) is 30.3 Å². The van der Waals surface area contributed by atoms with Crippen LogP contribution in [0.4, 0.5) is 5.82 Å². The van der Waals surface area contributed by atoms with Crippen molar-refractivity contribution in [2.75, 3.05) is 11.9 Å². The minimum atomic E-state index is -3.92. The highest BCUT2D eigenvalue weighted by molar-refractivity contribution is 7.58. The lowest BCUT2D eigenvalue weighted by molar-refractivity contribution is -0.145. The quantitative estimate of drug-likeness (QED) is 0.237. The molecule has 13 nitrogen and oxygen atoms in total. The molecule has 2 saturated heterocycles. The summed E-state index contributed by atoms with van der Waals surface area (Å²) >= 11 is 0. The normalized spacial score (nSPS) is 29.3. The third-order valence-corrected chi connectivity index (χ3v) is 9.06. The standard InChI is InChI=1S/C24H39N4O9P/c1-6-10-15(11-7-2)19(29)25-17-12-13-28(22(32)26-17)20-23(5,33)18-16(36-20)14-35-38(34,37-18)27-24(8-3,9-4)21(30)31/h12-13,15-16,18,20,27,33-34H,6-11,14H2,1-5H3,(H-,25,26,29,30,31,32)/p+1/t16-,18-,20-,23-,38?/m1/s1. The number of anilines is 1. The first kappa shape index (κ1) is 30.6. The van der Waals surface area contributed by atoms with Crippen LogP contribution < -0.4 is 16.1 Å². The number of rotatable bonds is 12. The molecule has 38 heavy (non-hydrogen) atoms. The fourth-order valence-corrected chi connectivity index (χ4v) is 7.12. The molecular formula is C24H40N4O9P+. The number of hydrogen-bond donors (Lipinski definition) is 5. The van der Waals surface area contributed by atoms with Crippen LogP contribution in [-0.2, 0) is 23.4 Å². The lowest BCUT2D eigenvalue weighted by Gasteiger charge is -2.36. The van der Waals surface area contributed by atoms with Crippen LogP contribution >= 0.6 is 8.09 Å². The Morgan fingerprint density at radius 3 is 2.42 bits per heavy atom. The number of carboxylic acids is 1. The number of amides is 1. The van der Waals surface area contributed by atoms with Crippen molar-refractivity contribution in [1.29, 1.82) is 0 Å². The van der Waals surface area contributed by atoms with E-state index in [1.54, 1.807) is 13.8 Å². The van der Waals surface area contributed by atoms with E-state index in [2.05, 4.69) is 15.4 Å². The van der Waals surface area contributed by atoms with Gasteiger partial charge in [-0.1, -0.05) is 45.6 Å². The molecule has 2 aliphatic rings. The van der Waals surface area contributed by atoms with Gasteiger partial charge in [-0.25, -0.2) is 4.79 Å². The zero-order chi connectivity index (χ0) is 28.3. The summed E-state index contributed by atoms with van der Waals surface area (Å²) in [5.74, 6) is -1.45. The molecule has 0 radical (unpaired) electrons. The minimum absolute atomic E-state index is 0.0942. The zero-order valence-corrected chi connectivity index (χ0v) is 23.4. The van der Waals surface area contributed by atoms with E-state index < -0.39 is 49.3 Å². The van der Waals surface area contributed by atoms with Gasteiger partial charge in [-0.05, 0) is 38.7 Å². The van der Waals surface area contributed by atoms with E-state index in [1.807, 2.05) is 13.8 Å². The van der Waals surface area contributed by atoms with Crippen molar-refractivity contribution in [2.45, 2.75) is 103 Å². The van der Waals surface area contributed by atoms with E-state index in [9.17, 15) is 29.5 Å². The molecule has 0 aromatic carbocycles. The maximum Gasteiger partial charge on any atom is 0.500 e. The van der Waals surface area contributed by atoms with Crippen molar-refractivity contribution < 1.29 is 38.5 Å². The second kappa shape index (κ2) is 12.0. The number of nitrogens with one attached hydrogen (secondary N) is 2. The molecule has 3 heterocycles. The molecule has 0 saturated carbocycles. The molecule has 3 rings (SSSR count). The molecule has 14 heteroatoms. The van der Waals surface area contributed by atoms with Gasteiger partial charge < -0.3 is 20.3 Å². The first-order valence-electron chi connectivity index (χ1n) is 13.1. The van der Waals surface area contributed by atoms with Gasteiger partial charge in [0.05, 0.1) is 0 Å². The summed E-state index contributed by atoms with van der Waals surface area (Å²) in [5, 5.41) is 26.5. The molecule has 1 aromatic rings. The molecule has 214 valence electrons. The topological polar surface area (TPSA) is 181 Å². The minimum Gasteiger partial charge on any atom is -0.480 e. The van der Waals surface area contributed by atoms with Crippen LogP contribution in [0.3, 0.4) is 0 Å². The Morgan fingerprint density at radius 1 is 1.26 bits per heavy atom. The summed E-state index contributed by atoms with van der Waals surface area (Å²) in [7, 11) is -3.92. The van der Waals surface area contributed by atoms with Crippen molar-refractivity contribution in [3.05, 3.63) is 22.7 Å². The maximum absolute atomic E-state index is 12.9. The molecule has 5 atom stereocenters. The van der Waals surface area contributed by atoms with Gasteiger partial charge in [0.15, 0.2) is 17.9 Å². The fourth-order valence-electron chi connectivity index (χ4n) is 4.98. The van der Waals surface area contributed by atoms with Gasteiger partial charge in [0.1, 0.15) is 24.1 Å². The highest BCUT2D eigenvalue weighted by Crippen LogP contribution is 2.62. The number of nitrogens with zero attached hydrogens (tertiary/aromatic N) is 2. The number of ether oxygens (including phenoxy) is 1. The molecule has 2 fully saturated rings. The molecule has 1 amide bonds. The SMILES string of the molecule is CCCC(CCC)C(=O)Nc1ccn([C@@H]2O[C@@H]3CO[P+](O)(NC(CC)(CC)C(=O)O)O[C@H]3[C@@]2(C)O)c(=O)n1. The Labute approximate surface area is 222 Å². The smallest absolute Gasteiger partial charge is 0.480 e. The van der Waals surface area contributed by atoms with Crippen LogP contribution in [0, 0.1) is 5.92 Å². The second-order valence-electron chi connectivity index (χ2n) is 10.1. The first-order chi connectivity index (χ1) is 17.9. The predicted octanol–water partition coefficient (Wildman–Crippen LogP) is 2.36. The van der Waals surface area contributed by atoms with Crippen molar-refractivity contribution in [1.82, 2.24) is 14.6 Å². The number of aliphatic carboxylic acids is 1. The number of hydrogen-bond acceptors (Lipinski definition) is 10. The average molecular weight is 560 g/mol. The third kappa shape index (κ3) is 6.09. The first-order valence-corrected chi connectivity index (χ1v) is 14.7. The predicted molar refractivity (Wildman–Crippen MR) is 139 cm³/mol.